The van der Waals surface area contributed by atoms with Crippen molar-refractivity contribution in [2.75, 3.05) is 16.0 Å². The average Bonchev–Trinajstić information content (AvgIpc) is 3.08. The molecule has 2 rings (SSSR count). The molecule has 0 aliphatic carbocycles. The number of hydrazine groups is 2. The van der Waals surface area contributed by atoms with Gasteiger partial charge >= 0.3 is 11.8 Å². The van der Waals surface area contributed by atoms with Crippen LogP contribution in [0.15, 0.2) is 12.1 Å². The molecule has 1 aromatic carbocycles. The number of rotatable bonds is 5. The second-order valence-electron chi connectivity index (χ2n) is 6.28. The molecule has 0 bridgehead atoms. The highest BCUT2D eigenvalue weighted by atomic mass is 32.1. The van der Waals surface area contributed by atoms with E-state index in [1.54, 1.807) is 26.8 Å². The Balaban J connectivity index is 2.02. The average molecular weight is 450 g/mol. The van der Waals surface area contributed by atoms with Gasteiger partial charge in [0.05, 0.1) is 17.1 Å². The number of benzene rings is 1. The van der Waals surface area contributed by atoms with Crippen LogP contribution in [0, 0.1) is 26.0 Å². The highest BCUT2D eigenvalue weighted by Gasteiger charge is 2.21. The standard InChI is InChI=1S/C17H20N7O6S/c1-7-5-6-11(24(29)30)12(8(7)2)19-15(27)16(28)22-21-14(26)13-9(3)18-17(31-13)23-20-10(4)25/h5-6,29H,1-4H3,(H,18,23)(H,19,27)(H,20,25)(H,21,26)(H,22,28)/q-1. The number of nitrogens with one attached hydrogen (secondary N) is 5. The van der Waals surface area contributed by atoms with Gasteiger partial charge in [-0.1, -0.05) is 17.4 Å². The molecule has 0 spiro atoms. The van der Waals surface area contributed by atoms with E-state index in [0.29, 0.717) is 16.8 Å². The van der Waals surface area contributed by atoms with Crippen molar-refractivity contribution < 1.29 is 24.4 Å². The van der Waals surface area contributed by atoms with E-state index in [1.807, 2.05) is 5.43 Å². The topological polar surface area (TPSA) is 188 Å². The Labute approximate surface area is 180 Å². The summed E-state index contributed by atoms with van der Waals surface area (Å²) >= 11 is 0.912. The van der Waals surface area contributed by atoms with Crippen LogP contribution in [0.1, 0.15) is 33.4 Å². The Morgan fingerprint density at radius 2 is 1.74 bits per heavy atom. The molecule has 6 N–H and O–H groups in total. The zero-order valence-electron chi connectivity index (χ0n) is 16.9. The Hall–Kier alpha value is -3.75. The summed E-state index contributed by atoms with van der Waals surface area (Å²) in [5, 5.41) is 22.6. The number of amides is 4. The number of carbonyl (C=O) groups excluding carboxylic acids is 4. The lowest BCUT2D eigenvalue weighted by Gasteiger charge is -2.26. The molecule has 0 radical (unpaired) electrons. The van der Waals surface area contributed by atoms with Gasteiger partial charge in [-0.3, -0.25) is 46.1 Å². The zero-order valence-corrected chi connectivity index (χ0v) is 17.8. The fraction of sp³-hybridized carbons (Fsp3) is 0.235. The molecule has 0 aliphatic rings. The van der Waals surface area contributed by atoms with Crippen LogP contribution in [0.25, 0.3) is 0 Å². The van der Waals surface area contributed by atoms with E-state index in [-0.39, 0.29) is 27.3 Å². The number of hydrogen-bond donors (Lipinski definition) is 6. The van der Waals surface area contributed by atoms with Crippen LogP contribution in [0.3, 0.4) is 0 Å². The van der Waals surface area contributed by atoms with E-state index >= 15 is 0 Å². The number of nitrogens with zero attached hydrogens (tertiary/aromatic N) is 2. The smallest absolute Gasteiger partial charge is 0.328 e. The molecule has 14 heteroatoms. The molecule has 1 aromatic heterocycles. The highest BCUT2D eigenvalue weighted by Crippen LogP contribution is 2.30. The molecule has 1 heterocycles. The third kappa shape index (κ3) is 5.88. The van der Waals surface area contributed by atoms with Crippen molar-refractivity contribution in [1.82, 2.24) is 21.3 Å². The molecule has 4 amide bonds. The van der Waals surface area contributed by atoms with E-state index in [9.17, 15) is 29.6 Å². The van der Waals surface area contributed by atoms with Gasteiger partial charge in [-0.15, -0.1) is 0 Å². The van der Waals surface area contributed by atoms with Crippen LogP contribution < -0.4 is 32.2 Å². The molecule has 13 nitrogen and oxygen atoms in total. The predicted molar refractivity (Wildman–Crippen MR) is 112 cm³/mol. The Kier molecular flexibility index (Phi) is 7.47. The molecule has 31 heavy (non-hydrogen) atoms. The summed E-state index contributed by atoms with van der Waals surface area (Å²) in [6.07, 6.45) is 0. The van der Waals surface area contributed by atoms with Crippen LogP contribution in [-0.4, -0.2) is 33.8 Å². The van der Waals surface area contributed by atoms with Gasteiger partial charge in [-0.2, -0.15) is 0 Å². The number of carbonyl (C=O) groups is 4. The van der Waals surface area contributed by atoms with Crippen molar-refractivity contribution in [1.29, 1.82) is 0 Å². The number of thiazole rings is 1. The van der Waals surface area contributed by atoms with Gasteiger partial charge in [-0.05, 0) is 38.0 Å². The first kappa shape index (κ1) is 23.5. The van der Waals surface area contributed by atoms with Crippen molar-refractivity contribution >= 4 is 51.5 Å². The number of hydrogen-bond acceptors (Lipinski definition) is 10. The molecular formula is C17H20N7O6S-. The third-order valence-electron chi connectivity index (χ3n) is 4.00. The van der Waals surface area contributed by atoms with Gasteiger partial charge in [0.15, 0.2) is 0 Å². The highest BCUT2D eigenvalue weighted by molar-refractivity contribution is 7.17. The summed E-state index contributed by atoms with van der Waals surface area (Å²) in [7, 11) is 0. The molecule has 0 atom stereocenters. The predicted octanol–water partition coefficient (Wildman–Crippen LogP) is 0.624. The first-order valence-corrected chi connectivity index (χ1v) is 9.51. The lowest BCUT2D eigenvalue weighted by molar-refractivity contribution is -0.136. The molecule has 0 saturated heterocycles. The van der Waals surface area contributed by atoms with Gasteiger partial charge in [0.2, 0.25) is 11.0 Å². The van der Waals surface area contributed by atoms with Crippen LogP contribution in [-0.2, 0) is 14.4 Å². The van der Waals surface area contributed by atoms with Crippen LogP contribution in [0.2, 0.25) is 0 Å². The van der Waals surface area contributed by atoms with Gasteiger partial charge in [0.1, 0.15) is 4.88 Å². The first-order valence-electron chi connectivity index (χ1n) is 8.69. The summed E-state index contributed by atoms with van der Waals surface area (Å²) < 4.78 is 0. The van der Waals surface area contributed by atoms with Crippen molar-refractivity contribution in [3.8, 4) is 0 Å². The van der Waals surface area contributed by atoms with E-state index in [2.05, 4.69) is 26.6 Å². The summed E-state index contributed by atoms with van der Waals surface area (Å²) in [4.78, 5) is 51.6. The van der Waals surface area contributed by atoms with Crippen LogP contribution >= 0.6 is 11.3 Å². The number of aryl methyl sites for hydroxylation is 2. The maximum atomic E-state index is 12.3. The first-order chi connectivity index (χ1) is 14.5. The minimum absolute atomic E-state index is 0.0454. The van der Waals surface area contributed by atoms with E-state index < -0.39 is 22.9 Å². The fourth-order valence-electron chi connectivity index (χ4n) is 2.32. The van der Waals surface area contributed by atoms with Crippen molar-refractivity contribution in [3.05, 3.63) is 39.0 Å². The Bertz CT molecular complexity index is 1040. The van der Waals surface area contributed by atoms with Crippen molar-refractivity contribution in [2.24, 2.45) is 0 Å². The maximum Gasteiger partial charge on any atom is 0.328 e. The van der Waals surface area contributed by atoms with E-state index in [0.717, 1.165) is 11.3 Å². The largest absolute Gasteiger partial charge is 0.733 e. The number of anilines is 3. The minimum atomic E-state index is -1.21. The molecule has 0 fully saturated rings. The van der Waals surface area contributed by atoms with E-state index in [1.165, 1.54) is 13.0 Å². The zero-order chi connectivity index (χ0) is 23.3. The van der Waals surface area contributed by atoms with Gasteiger partial charge in [-0.25, -0.2) is 4.98 Å². The Morgan fingerprint density at radius 3 is 2.35 bits per heavy atom. The molecule has 2 aromatic rings. The third-order valence-corrected chi connectivity index (χ3v) is 5.07. The Morgan fingerprint density at radius 1 is 1.06 bits per heavy atom. The van der Waals surface area contributed by atoms with E-state index in [4.69, 9.17) is 0 Å². The van der Waals surface area contributed by atoms with Crippen LogP contribution in [0.4, 0.5) is 16.5 Å². The monoisotopic (exact) mass is 450 g/mol. The summed E-state index contributed by atoms with van der Waals surface area (Å²) in [5.74, 6) is -3.48. The lowest BCUT2D eigenvalue weighted by Crippen LogP contribution is -2.46. The molecule has 166 valence electrons. The second kappa shape index (κ2) is 9.84. The van der Waals surface area contributed by atoms with Gasteiger partial charge in [0, 0.05) is 6.92 Å². The van der Waals surface area contributed by atoms with Gasteiger partial charge in [0.25, 0.3) is 5.91 Å². The second-order valence-corrected chi connectivity index (χ2v) is 7.28. The molecule has 0 aliphatic heterocycles. The summed E-state index contributed by atoms with van der Waals surface area (Å²) in [5.41, 5.74) is 10.1. The van der Waals surface area contributed by atoms with Crippen molar-refractivity contribution in [3.63, 3.8) is 0 Å². The molecule has 0 saturated carbocycles. The summed E-state index contributed by atoms with van der Waals surface area (Å²) in [6.45, 7) is 6.15. The quantitative estimate of drug-likeness (QED) is 0.280. The van der Waals surface area contributed by atoms with Crippen molar-refractivity contribution in [2.45, 2.75) is 27.7 Å². The minimum Gasteiger partial charge on any atom is -0.733 e. The molecule has 0 unspecified atom stereocenters. The normalized spacial score (nSPS) is 10.1. The maximum absolute atomic E-state index is 12.3. The lowest BCUT2D eigenvalue weighted by atomic mass is 10.1. The number of aromatic nitrogens is 1. The fourth-order valence-corrected chi connectivity index (χ4v) is 3.13. The molecular weight excluding hydrogens is 430 g/mol. The SMILES string of the molecule is CC(=O)NNc1nc(C)c(C(=O)NNC(=O)C(=O)Nc2c(N([O-])O)ccc(C)c2C)s1. The van der Waals surface area contributed by atoms with Crippen LogP contribution in [0.5, 0.6) is 0 Å². The van der Waals surface area contributed by atoms with Gasteiger partial charge < -0.3 is 15.8 Å². The summed E-state index contributed by atoms with van der Waals surface area (Å²) in [6, 6.07) is 2.85.